The van der Waals surface area contributed by atoms with Crippen molar-refractivity contribution < 1.29 is 0 Å². The maximum absolute atomic E-state index is 6.14. The van der Waals surface area contributed by atoms with Crippen molar-refractivity contribution in [3.63, 3.8) is 0 Å². The van der Waals surface area contributed by atoms with Crippen LogP contribution in [0.2, 0.25) is 5.15 Å². The Kier molecular flexibility index (Phi) is 2.86. The Morgan fingerprint density at radius 1 is 1.25 bits per heavy atom. The summed E-state index contributed by atoms with van der Waals surface area (Å²) in [7, 11) is 0. The summed E-state index contributed by atoms with van der Waals surface area (Å²) in [6, 6.07) is 0. The van der Waals surface area contributed by atoms with Crippen LogP contribution in [-0.4, -0.2) is 9.97 Å². The van der Waals surface area contributed by atoms with Gasteiger partial charge < -0.3 is 0 Å². The zero-order valence-corrected chi connectivity index (χ0v) is 12.1. The van der Waals surface area contributed by atoms with Crippen molar-refractivity contribution in [2.24, 2.45) is 11.8 Å². The summed E-state index contributed by atoms with van der Waals surface area (Å²) in [5.41, 5.74) is 1.03. The average Bonchev–Trinajstić information content (AvgIpc) is 2.86. The Morgan fingerprint density at radius 3 is 2.62 bits per heavy atom. The molecule has 2 aliphatic rings. The second-order valence-corrected chi connectivity index (χ2v) is 6.49. The number of rotatable bonds is 1. The smallest absolute Gasteiger partial charge is 0.146 e. The maximum atomic E-state index is 6.14. The van der Waals surface area contributed by atoms with Gasteiger partial charge in [-0.25, -0.2) is 9.97 Å². The first kappa shape index (κ1) is 11.2. The van der Waals surface area contributed by atoms with Crippen molar-refractivity contribution in [2.45, 2.75) is 38.5 Å². The molecule has 16 heavy (non-hydrogen) atoms. The highest BCUT2D eigenvalue weighted by Gasteiger charge is 2.41. The fourth-order valence-electron chi connectivity index (χ4n) is 3.27. The fraction of sp³-hybridized carbons (Fsp3) is 0.667. The predicted molar refractivity (Wildman–Crippen MR) is 72.7 cm³/mol. The summed E-state index contributed by atoms with van der Waals surface area (Å²) < 4.78 is 0.992. The lowest BCUT2D eigenvalue weighted by molar-refractivity contribution is 0.404. The van der Waals surface area contributed by atoms with Gasteiger partial charge in [0.15, 0.2) is 0 Å². The zero-order valence-electron chi connectivity index (χ0n) is 9.21. The molecule has 0 spiro atoms. The van der Waals surface area contributed by atoms with Crippen LogP contribution in [0.25, 0.3) is 0 Å². The second kappa shape index (κ2) is 4.09. The Morgan fingerprint density at radius 2 is 2.06 bits per heavy atom. The van der Waals surface area contributed by atoms with Gasteiger partial charge in [0.2, 0.25) is 0 Å². The van der Waals surface area contributed by atoms with Crippen LogP contribution in [0.5, 0.6) is 0 Å². The maximum Gasteiger partial charge on any atom is 0.146 e. The summed E-state index contributed by atoms with van der Waals surface area (Å²) >= 11 is 8.36. The molecule has 0 N–H and O–H groups in total. The van der Waals surface area contributed by atoms with Crippen LogP contribution in [-0.2, 0) is 0 Å². The van der Waals surface area contributed by atoms with Crippen LogP contribution in [0.3, 0.4) is 0 Å². The number of aryl methyl sites for hydroxylation is 1. The van der Waals surface area contributed by atoms with Crippen molar-refractivity contribution in [1.29, 1.82) is 0 Å². The highest BCUT2D eigenvalue weighted by atomic mass is 127. The average molecular weight is 349 g/mol. The van der Waals surface area contributed by atoms with Crippen molar-refractivity contribution in [3.05, 3.63) is 20.2 Å². The van der Waals surface area contributed by atoms with E-state index in [9.17, 15) is 0 Å². The van der Waals surface area contributed by atoms with E-state index in [1.54, 1.807) is 0 Å². The molecule has 0 aromatic carbocycles. The number of hydrogen-bond donors (Lipinski definition) is 0. The van der Waals surface area contributed by atoms with Crippen molar-refractivity contribution in [1.82, 2.24) is 9.97 Å². The Labute approximate surface area is 114 Å². The molecule has 3 atom stereocenters. The monoisotopic (exact) mass is 348 g/mol. The highest BCUT2D eigenvalue weighted by Crippen LogP contribution is 2.52. The van der Waals surface area contributed by atoms with E-state index in [1.165, 1.54) is 25.7 Å². The van der Waals surface area contributed by atoms with Gasteiger partial charge in [0.1, 0.15) is 11.0 Å². The van der Waals surface area contributed by atoms with Gasteiger partial charge in [-0.15, -0.1) is 0 Å². The minimum atomic E-state index is 0.576. The summed E-state index contributed by atoms with van der Waals surface area (Å²) in [4.78, 5) is 9.11. The predicted octanol–water partition coefficient (Wildman–Crippen LogP) is 3.95. The van der Waals surface area contributed by atoms with Crippen molar-refractivity contribution >= 4 is 34.2 Å². The third kappa shape index (κ3) is 1.76. The number of fused-ring (bicyclic) bond motifs is 2. The molecule has 86 valence electrons. The molecular weight excluding hydrogens is 335 g/mol. The van der Waals surface area contributed by atoms with Gasteiger partial charge >= 0.3 is 0 Å². The van der Waals surface area contributed by atoms with E-state index in [0.717, 1.165) is 26.9 Å². The molecule has 1 heterocycles. The largest absolute Gasteiger partial charge is 0.237 e. The van der Waals surface area contributed by atoms with E-state index in [0.29, 0.717) is 11.1 Å². The molecule has 2 saturated carbocycles. The molecule has 2 nitrogen and oxygen atoms in total. The normalized spacial score (nSPS) is 32.3. The van der Waals surface area contributed by atoms with E-state index in [2.05, 4.69) is 32.6 Å². The van der Waals surface area contributed by atoms with Crippen LogP contribution in [0.4, 0.5) is 0 Å². The number of aromatic nitrogens is 2. The Bertz CT molecular complexity index is 412. The van der Waals surface area contributed by atoms with Gasteiger partial charge in [0, 0.05) is 5.92 Å². The SMILES string of the molecule is Cc1nc(C2CC3CCC2C3)nc(Cl)c1I. The van der Waals surface area contributed by atoms with E-state index in [-0.39, 0.29) is 0 Å². The molecule has 2 fully saturated rings. The van der Waals surface area contributed by atoms with Crippen LogP contribution < -0.4 is 0 Å². The number of hydrogen-bond acceptors (Lipinski definition) is 2. The third-order valence-corrected chi connectivity index (χ3v) is 5.95. The first-order chi connectivity index (χ1) is 7.65. The van der Waals surface area contributed by atoms with Gasteiger partial charge in [-0.05, 0) is 60.6 Å². The molecule has 0 saturated heterocycles. The number of halogens is 2. The summed E-state index contributed by atoms with van der Waals surface area (Å²) in [6.07, 6.45) is 5.44. The molecule has 2 bridgehead atoms. The topological polar surface area (TPSA) is 25.8 Å². The lowest BCUT2D eigenvalue weighted by atomic mass is 9.88. The molecule has 1 aromatic heterocycles. The molecular formula is C12H14ClIN2. The molecule has 3 rings (SSSR count). The first-order valence-corrected chi connectivity index (χ1v) is 7.30. The van der Waals surface area contributed by atoms with Gasteiger partial charge in [-0.3, -0.25) is 0 Å². The molecule has 3 unspecified atom stereocenters. The van der Waals surface area contributed by atoms with E-state index < -0.39 is 0 Å². The molecule has 0 radical (unpaired) electrons. The standard InChI is InChI=1S/C12H14ClIN2/c1-6-10(14)11(13)16-12(15-6)9-5-7-2-3-8(9)4-7/h7-9H,2-5H2,1H3. The molecule has 0 amide bonds. The van der Waals surface area contributed by atoms with Crippen LogP contribution in [0, 0.1) is 22.3 Å². The Hall–Kier alpha value is 0.100. The van der Waals surface area contributed by atoms with Crippen LogP contribution in [0.1, 0.15) is 43.1 Å². The first-order valence-electron chi connectivity index (χ1n) is 5.84. The Balaban J connectivity index is 1.95. The quantitative estimate of drug-likeness (QED) is 0.567. The van der Waals surface area contributed by atoms with E-state index >= 15 is 0 Å². The summed E-state index contributed by atoms with van der Waals surface area (Å²) in [5, 5.41) is 0.630. The number of nitrogens with zero attached hydrogens (tertiary/aromatic N) is 2. The molecule has 2 aliphatic carbocycles. The third-order valence-electron chi connectivity index (χ3n) is 4.06. The van der Waals surface area contributed by atoms with Gasteiger partial charge in [0.05, 0.1) is 9.26 Å². The second-order valence-electron chi connectivity index (χ2n) is 5.05. The van der Waals surface area contributed by atoms with Crippen molar-refractivity contribution in [2.75, 3.05) is 0 Å². The highest BCUT2D eigenvalue weighted by molar-refractivity contribution is 14.1. The fourth-order valence-corrected chi connectivity index (χ4v) is 3.74. The molecule has 1 aromatic rings. The van der Waals surface area contributed by atoms with Gasteiger partial charge in [-0.2, -0.15) is 0 Å². The lowest BCUT2D eigenvalue weighted by Gasteiger charge is -2.20. The minimum Gasteiger partial charge on any atom is -0.237 e. The van der Waals surface area contributed by atoms with E-state index in [1.807, 2.05) is 6.92 Å². The zero-order chi connectivity index (χ0) is 11.3. The minimum absolute atomic E-state index is 0.576. The van der Waals surface area contributed by atoms with Gasteiger partial charge in [-0.1, -0.05) is 18.0 Å². The molecule has 0 aliphatic heterocycles. The van der Waals surface area contributed by atoms with Crippen molar-refractivity contribution in [3.8, 4) is 0 Å². The lowest BCUT2D eigenvalue weighted by Crippen LogP contribution is -2.13. The summed E-state index contributed by atoms with van der Waals surface area (Å²) in [5.74, 6) is 3.32. The molecule has 4 heteroatoms. The van der Waals surface area contributed by atoms with Crippen LogP contribution in [0.15, 0.2) is 0 Å². The van der Waals surface area contributed by atoms with Gasteiger partial charge in [0.25, 0.3) is 0 Å². The van der Waals surface area contributed by atoms with E-state index in [4.69, 9.17) is 11.6 Å². The van der Waals surface area contributed by atoms with Crippen LogP contribution >= 0.6 is 34.2 Å². The summed E-state index contributed by atoms with van der Waals surface area (Å²) in [6.45, 7) is 2.02.